The molecule has 0 spiro atoms. The molecule has 1 rings (SSSR count). The molecule has 0 saturated heterocycles. The molecule has 6 heteroatoms. The highest BCUT2D eigenvalue weighted by Gasteiger charge is 2.17. The molecule has 1 aromatic rings. The highest BCUT2D eigenvalue weighted by molar-refractivity contribution is 7.98. The van der Waals surface area contributed by atoms with Crippen molar-refractivity contribution >= 4 is 21.8 Å². The van der Waals surface area contributed by atoms with Gasteiger partial charge in [0.05, 0.1) is 5.75 Å². The first kappa shape index (κ1) is 18.5. The fourth-order valence-corrected chi connectivity index (χ4v) is 3.53. The number of hydrogen-bond donors (Lipinski definition) is 1. The minimum atomic E-state index is -3.22. The molecule has 21 heavy (non-hydrogen) atoms. The summed E-state index contributed by atoms with van der Waals surface area (Å²) in [6.45, 7) is 5.56. The second-order valence-electron chi connectivity index (χ2n) is 5.42. The molecule has 0 atom stereocenters. The lowest BCUT2D eigenvalue weighted by Crippen LogP contribution is -2.30. The van der Waals surface area contributed by atoms with E-state index in [1.807, 2.05) is 30.5 Å². The van der Waals surface area contributed by atoms with E-state index in [1.165, 1.54) is 9.87 Å². The van der Waals surface area contributed by atoms with Gasteiger partial charge in [-0.3, -0.25) is 0 Å². The van der Waals surface area contributed by atoms with Gasteiger partial charge >= 0.3 is 0 Å². The van der Waals surface area contributed by atoms with E-state index in [1.54, 1.807) is 18.8 Å². The Morgan fingerprint density at radius 1 is 1.19 bits per heavy atom. The van der Waals surface area contributed by atoms with Crippen LogP contribution in [0.15, 0.2) is 24.3 Å². The van der Waals surface area contributed by atoms with Crippen molar-refractivity contribution in [2.24, 2.45) is 0 Å². The molecule has 0 saturated carbocycles. The Morgan fingerprint density at radius 3 is 2.29 bits per heavy atom. The van der Waals surface area contributed by atoms with Gasteiger partial charge in [-0.05, 0) is 17.4 Å². The lowest BCUT2D eigenvalue weighted by Gasteiger charge is -2.16. The molecule has 0 radical (unpaired) electrons. The summed E-state index contributed by atoms with van der Waals surface area (Å²) in [6.07, 6.45) is 1.98. The predicted octanol–water partition coefficient (Wildman–Crippen LogP) is 2.31. The predicted molar refractivity (Wildman–Crippen MR) is 92.1 cm³/mol. The van der Waals surface area contributed by atoms with Crippen LogP contribution < -0.4 is 5.32 Å². The van der Waals surface area contributed by atoms with Gasteiger partial charge in [0.15, 0.2) is 0 Å². The highest BCUT2D eigenvalue weighted by atomic mass is 32.2. The van der Waals surface area contributed by atoms with Crippen LogP contribution in [0, 0.1) is 0 Å². The van der Waals surface area contributed by atoms with E-state index in [0.29, 0.717) is 12.6 Å². The summed E-state index contributed by atoms with van der Waals surface area (Å²) in [5.41, 5.74) is 2.00. The van der Waals surface area contributed by atoms with Crippen LogP contribution in [0.3, 0.4) is 0 Å². The molecular weight excluding hydrogens is 304 g/mol. The zero-order valence-corrected chi connectivity index (χ0v) is 14.9. The maximum atomic E-state index is 12.2. The SMILES string of the molecule is CSCCN(C)S(=O)(=O)Cc1ccc(CNC(C)C)cc1. The van der Waals surface area contributed by atoms with Crippen molar-refractivity contribution in [3.05, 3.63) is 35.4 Å². The Balaban J connectivity index is 2.62. The fourth-order valence-electron chi connectivity index (χ4n) is 1.76. The quantitative estimate of drug-likeness (QED) is 0.755. The lowest BCUT2D eigenvalue weighted by molar-refractivity contribution is 0.487. The van der Waals surface area contributed by atoms with Crippen LogP contribution in [0.5, 0.6) is 0 Å². The summed E-state index contributed by atoms with van der Waals surface area (Å²) in [6, 6.07) is 8.22. The molecule has 0 unspecified atom stereocenters. The summed E-state index contributed by atoms with van der Waals surface area (Å²) in [4.78, 5) is 0. The summed E-state index contributed by atoms with van der Waals surface area (Å²) in [5, 5.41) is 3.34. The second kappa shape index (κ2) is 8.78. The molecule has 0 fully saturated rings. The number of benzene rings is 1. The van der Waals surface area contributed by atoms with Crippen molar-refractivity contribution in [1.82, 2.24) is 9.62 Å². The molecule has 0 heterocycles. The third kappa shape index (κ3) is 6.82. The van der Waals surface area contributed by atoms with E-state index in [4.69, 9.17) is 0 Å². The van der Waals surface area contributed by atoms with E-state index < -0.39 is 10.0 Å². The maximum absolute atomic E-state index is 12.2. The minimum Gasteiger partial charge on any atom is -0.310 e. The van der Waals surface area contributed by atoms with Crippen LogP contribution in [0.2, 0.25) is 0 Å². The van der Waals surface area contributed by atoms with E-state index >= 15 is 0 Å². The topological polar surface area (TPSA) is 49.4 Å². The molecule has 0 amide bonds. The van der Waals surface area contributed by atoms with Crippen LogP contribution >= 0.6 is 11.8 Å². The smallest absolute Gasteiger partial charge is 0.218 e. The first-order valence-electron chi connectivity index (χ1n) is 7.09. The number of thioether (sulfide) groups is 1. The summed E-state index contributed by atoms with van der Waals surface area (Å²) < 4.78 is 25.9. The monoisotopic (exact) mass is 330 g/mol. The second-order valence-corrected chi connectivity index (χ2v) is 8.48. The molecule has 1 aromatic carbocycles. The van der Waals surface area contributed by atoms with Gasteiger partial charge in [0.25, 0.3) is 0 Å². The van der Waals surface area contributed by atoms with Gasteiger partial charge in [-0.1, -0.05) is 38.1 Å². The molecule has 0 aliphatic carbocycles. The minimum absolute atomic E-state index is 0.0652. The Labute approximate surface area is 133 Å². The van der Waals surface area contributed by atoms with Gasteiger partial charge in [0.1, 0.15) is 0 Å². The number of nitrogens with one attached hydrogen (secondary N) is 1. The van der Waals surface area contributed by atoms with Gasteiger partial charge < -0.3 is 5.32 Å². The Hall–Kier alpha value is -0.560. The van der Waals surface area contributed by atoms with Gasteiger partial charge in [0.2, 0.25) is 10.0 Å². The first-order valence-corrected chi connectivity index (χ1v) is 10.1. The fraction of sp³-hybridized carbons (Fsp3) is 0.600. The average Bonchev–Trinajstić information content (AvgIpc) is 2.43. The van der Waals surface area contributed by atoms with Crippen molar-refractivity contribution in [1.29, 1.82) is 0 Å². The molecule has 0 aromatic heterocycles. The van der Waals surface area contributed by atoms with Crippen molar-refractivity contribution in [3.63, 3.8) is 0 Å². The Bertz CT molecular complexity index is 513. The molecule has 0 bridgehead atoms. The van der Waals surface area contributed by atoms with Crippen LogP contribution in [0.1, 0.15) is 25.0 Å². The van der Waals surface area contributed by atoms with Crippen molar-refractivity contribution < 1.29 is 8.42 Å². The molecule has 0 aliphatic rings. The number of hydrogen-bond acceptors (Lipinski definition) is 4. The summed E-state index contributed by atoms with van der Waals surface area (Å²) in [5.74, 6) is 0.880. The maximum Gasteiger partial charge on any atom is 0.218 e. The molecule has 120 valence electrons. The standard InChI is InChI=1S/C15H26N2O2S2/c1-13(2)16-11-14-5-7-15(8-6-14)12-21(18,19)17(3)9-10-20-4/h5-8,13,16H,9-12H2,1-4H3. The zero-order chi connectivity index (χ0) is 15.9. The van der Waals surface area contributed by atoms with Gasteiger partial charge in [-0.15, -0.1) is 0 Å². The van der Waals surface area contributed by atoms with E-state index in [-0.39, 0.29) is 5.75 Å². The Kier molecular flexibility index (Phi) is 7.73. The van der Waals surface area contributed by atoms with Crippen LogP contribution in [0.25, 0.3) is 0 Å². The van der Waals surface area contributed by atoms with Crippen molar-refractivity contribution in [2.75, 3.05) is 25.6 Å². The third-order valence-electron chi connectivity index (χ3n) is 3.17. The van der Waals surface area contributed by atoms with Gasteiger partial charge in [-0.25, -0.2) is 12.7 Å². The molecular formula is C15H26N2O2S2. The largest absolute Gasteiger partial charge is 0.310 e. The van der Waals surface area contributed by atoms with Crippen LogP contribution in [-0.2, 0) is 22.3 Å². The van der Waals surface area contributed by atoms with Crippen molar-refractivity contribution in [2.45, 2.75) is 32.2 Å². The summed E-state index contributed by atoms with van der Waals surface area (Å²) in [7, 11) is -1.57. The molecule has 4 nitrogen and oxygen atoms in total. The molecule has 1 N–H and O–H groups in total. The van der Waals surface area contributed by atoms with Crippen LogP contribution in [-0.4, -0.2) is 44.4 Å². The lowest BCUT2D eigenvalue weighted by atomic mass is 10.1. The van der Waals surface area contributed by atoms with Crippen molar-refractivity contribution in [3.8, 4) is 0 Å². The first-order chi connectivity index (χ1) is 9.85. The molecule has 0 aliphatic heterocycles. The van der Waals surface area contributed by atoms with Gasteiger partial charge in [-0.2, -0.15) is 11.8 Å². The van der Waals surface area contributed by atoms with E-state index in [0.717, 1.165) is 17.9 Å². The zero-order valence-electron chi connectivity index (χ0n) is 13.3. The number of nitrogens with zero attached hydrogens (tertiary/aromatic N) is 1. The van der Waals surface area contributed by atoms with Crippen LogP contribution in [0.4, 0.5) is 0 Å². The van der Waals surface area contributed by atoms with E-state index in [9.17, 15) is 8.42 Å². The average molecular weight is 331 g/mol. The number of rotatable bonds is 9. The van der Waals surface area contributed by atoms with Gasteiger partial charge in [0, 0.05) is 31.9 Å². The summed E-state index contributed by atoms with van der Waals surface area (Å²) >= 11 is 1.65. The Morgan fingerprint density at radius 2 is 1.76 bits per heavy atom. The van der Waals surface area contributed by atoms with E-state index in [2.05, 4.69) is 19.2 Å². The highest BCUT2D eigenvalue weighted by Crippen LogP contribution is 2.12. The normalized spacial score (nSPS) is 12.3. The third-order valence-corrected chi connectivity index (χ3v) is 5.59. The number of sulfonamides is 1.